The molecule has 27 aromatic rings. The predicted octanol–water partition coefficient (Wildman–Crippen LogP) is 19.4. The van der Waals surface area contributed by atoms with E-state index in [1.165, 1.54) is 38.5 Å². The third-order valence-corrected chi connectivity index (χ3v) is 25.4. The van der Waals surface area contributed by atoms with Crippen LogP contribution in [0.2, 0.25) is 0 Å². The number of hydrogen-bond donors (Lipinski definition) is 0. The minimum absolute atomic E-state index is 0.131. The Morgan fingerprint density at radius 2 is 0.279 bits per heavy atom. The van der Waals surface area contributed by atoms with Crippen LogP contribution in [0, 0.1) is 0 Å². The molecule has 5 aliphatic carbocycles. The lowest BCUT2D eigenvalue weighted by atomic mass is 9.52. The Balaban J connectivity index is 1.23. The van der Waals surface area contributed by atoms with Crippen molar-refractivity contribution in [1.82, 2.24) is 0 Å². The second-order valence-corrected chi connectivity index (χ2v) is 25.8. The summed E-state index contributed by atoms with van der Waals surface area (Å²) in [7, 11) is 0. The molecule has 0 heteroatoms. The molecule has 0 saturated carbocycles. The first-order valence-corrected chi connectivity index (χ1v) is 26.6. The van der Waals surface area contributed by atoms with Gasteiger partial charge in [0.05, 0.1) is 0 Å². The summed E-state index contributed by atoms with van der Waals surface area (Å²) in [5.41, 5.74) is 10.8. The van der Waals surface area contributed by atoms with Crippen molar-refractivity contribution < 1.29 is 0 Å². The van der Waals surface area contributed by atoms with Crippen LogP contribution in [0.25, 0.3) is 280 Å². The average molecular weight is 835 g/mol. The topological polar surface area (TPSA) is 0 Å². The third-order valence-electron chi connectivity index (χ3n) is 25.4. The number of hydrogen-bond acceptors (Lipinski definition) is 0. The first-order chi connectivity index (χ1) is 33.9. The van der Waals surface area contributed by atoms with E-state index in [4.69, 9.17) is 0 Å². The van der Waals surface area contributed by atoms with Crippen molar-refractivity contribution in [1.29, 1.82) is 0 Å². The molecule has 0 bridgehead atoms. The van der Waals surface area contributed by atoms with Crippen LogP contribution in [0.15, 0.2) is 0 Å². The van der Waals surface area contributed by atoms with Gasteiger partial charge in [0, 0.05) is 10.8 Å². The molecule has 0 saturated heterocycles. The van der Waals surface area contributed by atoms with Crippen molar-refractivity contribution in [2.24, 2.45) is 0 Å². The molecule has 0 radical (unpaired) electrons. The molecule has 0 spiro atoms. The van der Waals surface area contributed by atoms with Crippen LogP contribution in [0.4, 0.5) is 0 Å². The van der Waals surface area contributed by atoms with Gasteiger partial charge in [-0.2, -0.15) is 0 Å². The van der Waals surface area contributed by atoms with Crippen LogP contribution in [-0.2, 0) is 10.8 Å². The first-order valence-electron chi connectivity index (χ1n) is 26.6. The molecule has 0 nitrogen and oxygen atoms in total. The van der Waals surface area contributed by atoms with Gasteiger partial charge in [0.25, 0.3) is 0 Å². The SMILES string of the molecule is CCCCC12c3c4c5c6c7c8c9c%10c(c1c1c%11c2c2c%12c3c5c3c5c%12c%12c2c2c%11c%11c%13c1c%10c1c%10c9c9c7c7c6c3c3c5c5c%12c6c2c%11c2c(c%131)c1c%10c9c9c7c3c3c9c1c2c6c53)C48CCCC. The maximum Gasteiger partial charge on any atom is 0.0483 e. The maximum absolute atomic E-state index is 2.50. The van der Waals surface area contributed by atoms with Crippen molar-refractivity contribution in [3.05, 3.63) is 33.4 Å². The Bertz CT molecular complexity index is 6670. The fourth-order valence-electron chi connectivity index (χ4n) is 25.2. The lowest BCUT2D eigenvalue weighted by molar-refractivity contribution is 0.470. The van der Waals surface area contributed by atoms with Crippen LogP contribution in [0.1, 0.15) is 85.8 Å². The molecule has 0 heterocycles. The molecule has 27 aromatic carbocycles. The normalized spacial score (nSPS) is 22.1. The standard InChI is InChI=1S/C68H18/c1-3-5-7-67-61-53-44-37-24-17-11-12-14-10-9-13(11)22(24)28-26-15(9)19-16(10)27-29-23(14)25-18(12)21-20(17)31-39-32(21)41-38(25)45-43(29)47-34(27)36-30(19)35-33(26)46(42(28)44)57(61)59-48(35)49(36)60-58(47)62-54(45)51(41)56-52(39)55(50(53)40(31)37)63(67)64(56)68(62,8-6-4-2)66(60)65(59)67/h3-8H2,1-2H3. The Labute approximate surface area is 374 Å². The summed E-state index contributed by atoms with van der Waals surface area (Å²) >= 11 is 0. The minimum atomic E-state index is -0.131. The molecule has 0 amide bonds. The molecule has 68 heavy (non-hydrogen) atoms. The van der Waals surface area contributed by atoms with Gasteiger partial charge in [-0.3, -0.25) is 0 Å². The molecule has 5 aliphatic rings. The lowest BCUT2D eigenvalue weighted by Gasteiger charge is -2.49. The molecule has 0 aliphatic heterocycles. The largest absolute Gasteiger partial charge is 0.0654 e. The fraction of sp³-hybridized carbons (Fsp3) is 0.147. The molecule has 2 unspecified atom stereocenters. The van der Waals surface area contributed by atoms with E-state index in [2.05, 4.69) is 13.8 Å². The highest BCUT2D eigenvalue weighted by Crippen LogP contribution is 2.84. The summed E-state index contributed by atoms with van der Waals surface area (Å²) in [6, 6.07) is 0. The van der Waals surface area contributed by atoms with Gasteiger partial charge in [-0.1, -0.05) is 39.5 Å². The second kappa shape index (κ2) is 5.97. The van der Waals surface area contributed by atoms with E-state index in [1.807, 2.05) is 33.4 Å². The number of unbranched alkanes of at least 4 members (excludes halogenated alkanes) is 2. The molecule has 290 valence electrons. The summed E-state index contributed by atoms with van der Waals surface area (Å²) in [5, 5.41) is 88.8. The molecule has 0 fully saturated rings. The Morgan fingerprint density at radius 1 is 0.162 bits per heavy atom. The van der Waals surface area contributed by atoms with E-state index in [-0.39, 0.29) is 10.8 Å². The fourth-order valence-corrected chi connectivity index (χ4v) is 25.2. The summed E-state index contributed by atoms with van der Waals surface area (Å²) in [5.74, 6) is 0. The molecule has 0 aromatic heterocycles. The van der Waals surface area contributed by atoms with Gasteiger partial charge in [0.15, 0.2) is 0 Å². The average Bonchev–Trinajstić information content (AvgIpc) is 4.27. The van der Waals surface area contributed by atoms with Crippen molar-refractivity contribution >= 4 is 280 Å². The van der Waals surface area contributed by atoms with E-state index in [1.54, 1.807) is 280 Å². The van der Waals surface area contributed by atoms with Crippen molar-refractivity contribution in [3.63, 3.8) is 0 Å². The van der Waals surface area contributed by atoms with Gasteiger partial charge >= 0.3 is 0 Å². The zero-order chi connectivity index (χ0) is 40.7. The Hall–Kier alpha value is -7.54. The van der Waals surface area contributed by atoms with Gasteiger partial charge in [-0.15, -0.1) is 0 Å². The molecular weight excluding hydrogens is 817 g/mol. The summed E-state index contributed by atoms with van der Waals surface area (Å²) in [6.45, 7) is 5.00. The molecule has 2 atom stereocenters. The zero-order valence-corrected chi connectivity index (χ0v) is 36.2. The molecule has 0 N–H and O–H groups in total. The first kappa shape index (κ1) is 26.1. The Kier molecular flexibility index (Phi) is 2.29. The van der Waals surface area contributed by atoms with Crippen LogP contribution < -0.4 is 0 Å². The van der Waals surface area contributed by atoms with Crippen LogP contribution in [-0.4, -0.2) is 0 Å². The van der Waals surface area contributed by atoms with Crippen LogP contribution in [0.5, 0.6) is 0 Å². The number of benzene rings is 17. The highest BCUT2D eigenvalue weighted by Gasteiger charge is 2.66. The van der Waals surface area contributed by atoms with Gasteiger partial charge in [0.2, 0.25) is 0 Å². The van der Waals surface area contributed by atoms with E-state index in [9.17, 15) is 0 Å². The highest BCUT2D eigenvalue weighted by molar-refractivity contribution is 6.81. The summed E-state index contributed by atoms with van der Waals surface area (Å²) in [6.07, 6.45) is 7.51. The second-order valence-electron chi connectivity index (χ2n) is 25.8. The van der Waals surface area contributed by atoms with Gasteiger partial charge in [0.1, 0.15) is 0 Å². The van der Waals surface area contributed by atoms with Gasteiger partial charge in [-0.05, 0) is 326 Å². The predicted molar refractivity (Wildman–Crippen MR) is 291 cm³/mol. The summed E-state index contributed by atoms with van der Waals surface area (Å²) in [4.78, 5) is 0. The van der Waals surface area contributed by atoms with Gasteiger partial charge < -0.3 is 0 Å². The van der Waals surface area contributed by atoms with Gasteiger partial charge in [-0.25, -0.2) is 0 Å². The quantitative estimate of drug-likeness (QED) is 0.146. The third kappa shape index (κ3) is 1.38. The Morgan fingerprint density at radius 3 is 0.456 bits per heavy atom. The monoisotopic (exact) mass is 834 g/mol. The van der Waals surface area contributed by atoms with E-state index >= 15 is 0 Å². The van der Waals surface area contributed by atoms with Crippen molar-refractivity contribution in [3.8, 4) is 0 Å². The van der Waals surface area contributed by atoms with Crippen LogP contribution >= 0.6 is 0 Å². The minimum Gasteiger partial charge on any atom is -0.0654 e. The van der Waals surface area contributed by atoms with Crippen LogP contribution in [0.3, 0.4) is 0 Å². The zero-order valence-electron chi connectivity index (χ0n) is 36.2. The van der Waals surface area contributed by atoms with E-state index in [0.717, 1.165) is 0 Å². The maximum atomic E-state index is 2.50. The van der Waals surface area contributed by atoms with Crippen molar-refractivity contribution in [2.75, 3.05) is 0 Å². The highest BCUT2D eigenvalue weighted by atomic mass is 14.7. The lowest BCUT2D eigenvalue weighted by Crippen LogP contribution is -2.42. The molecular formula is C68H18. The number of rotatable bonds is 6. The van der Waals surface area contributed by atoms with Crippen molar-refractivity contribution in [2.45, 2.75) is 63.2 Å². The van der Waals surface area contributed by atoms with E-state index < -0.39 is 0 Å². The summed E-state index contributed by atoms with van der Waals surface area (Å²) < 4.78 is 0. The van der Waals surface area contributed by atoms with E-state index in [0.29, 0.717) is 0 Å². The smallest absolute Gasteiger partial charge is 0.0483 e. The molecule has 32 rings (SSSR count).